The molecule has 0 saturated carbocycles. The molecule has 0 fully saturated rings. The minimum Gasteiger partial charge on any atom is -0.495 e. The average Bonchev–Trinajstić information content (AvgIpc) is 2.97. The van der Waals surface area contributed by atoms with Crippen molar-refractivity contribution >= 4 is 35.0 Å². The topological polar surface area (TPSA) is 84.9 Å². The largest absolute Gasteiger partial charge is 0.495 e. The number of benzene rings is 2. The van der Waals surface area contributed by atoms with E-state index in [4.69, 9.17) is 21.1 Å². The molecule has 3 rings (SSSR count). The maximum Gasteiger partial charge on any atom is 0.262 e. The molecule has 1 N–H and O–H groups in total. The summed E-state index contributed by atoms with van der Waals surface area (Å²) in [5.41, 5.74) is 0.929. The first-order valence-electron chi connectivity index (χ1n) is 9.47. The van der Waals surface area contributed by atoms with Gasteiger partial charge in [-0.2, -0.15) is 0 Å². The van der Waals surface area contributed by atoms with E-state index in [0.29, 0.717) is 39.8 Å². The lowest BCUT2D eigenvalue weighted by atomic mass is 10.0. The second kappa shape index (κ2) is 8.75. The predicted octanol–water partition coefficient (Wildman–Crippen LogP) is 4.01. The number of carbonyl (C=O) groups excluding carboxylic acids is 3. The second-order valence-electron chi connectivity index (χ2n) is 7.35. The lowest BCUT2D eigenvalue weighted by Crippen LogP contribution is -2.48. The van der Waals surface area contributed by atoms with Crippen LogP contribution in [0.15, 0.2) is 36.4 Å². The molecule has 1 aliphatic rings. The molecule has 0 radical (unpaired) electrons. The normalized spacial score (nSPS) is 14.0. The van der Waals surface area contributed by atoms with Gasteiger partial charge in [0.15, 0.2) is 0 Å². The van der Waals surface area contributed by atoms with Crippen molar-refractivity contribution in [3.05, 3.63) is 52.5 Å². The van der Waals surface area contributed by atoms with Crippen molar-refractivity contribution in [1.29, 1.82) is 0 Å². The molecule has 2 aromatic rings. The molecule has 1 atom stereocenters. The number of methoxy groups -OCH3 is 2. The number of fused-ring (bicyclic) bond motifs is 1. The Morgan fingerprint density at radius 2 is 1.60 bits per heavy atom. The SMILES string of the molecule is COc1cc(NC(=O)[C@@H](CC(C)C)N2C(=O)c3ccccc3C2=O)c(OC)cc1Cl. The molecule has 0 unspecified atom stereocenters. The number of imide groups is 1. The van der Waals surface area contributed by atoms with Crippen molar-refractivity contribution < 1.29 is 23.9 Å². The Morgan fingerprint density at radius 1 is 1.03 bits per heavy atom. The molecule has 30 heavy (non-hydrogen) atoms. The van der Waals surface area contributed by atoms with Gasteiger partial charge >= 0.3 is 0 Å². The molecule has 0 saturated heterocycles. The fourth-order valence-electron chi connectivity index (χ4n) is 3.44. The van der Waals surface area contributed by atoms with Crippen LogP contribution in [0.2, 0.25) is 5.02 Å². The van der Waals surface area contributed by atoms with E-state index in [1.807, 2.05) is 13.8 Å². The number of hydrogen-bond acceptors (Lipinski definition) is 5. The predicted molar refractivity (Wildman–Crippen MR) is 113 cm³/mol. The lowest BCUT2D eigenvalue weighted by Gasteiger charge is -2.27. The molecule has 0 bridgehead atoms. The maximum atomic E-state index is 13.2. The number of amides is 3. The van der Waals surface area contributed by atoms with Crippen molar-refractivity contribution in [2.45, 2.75) is 26.3 Å². The van der Waals surface area contributed by atoms with E-state index in [1.54, 1.807) is 24.3 Å². The molecule has 8 heteroatoms. The van der Waals surface area contributed by atoms with Crippen molar-refractivity contribution in [3.8, 4) is 11.5 Å². The third-order valence-electron chi connectivity index (χ3n) is 4.87. The van der Waals surface area contributed by atoms with Crippen LogP contribution in [-0.2, 0) is 4.79 Å². The number of rotatable bonds is 7. The van der Waals surface area contributed by atoms with Gasteiger partial charge in [-0.15, -0.1) is 0 Å². The van der Waals surface area contributed by atoms with E-state index >= 15 is 0 Å². The zero-order chi connectivity index (χ0) is 22.0. The van der Waals surface area contributed by atoms with Crippen LogP contribution >= 0.6 is 11.6 Å². The van der Waals surface area contributed by atoms with E-state index in [9.17, 15) is 14.4 Å². The van der Waals surface area contributed by atoms with Crippen LogP contribution in [0.3, 0.4) is 0 Å². The van der Waals surface area contributed by atoms with Crippen LogP contribution in [-0.4, -0.2) is 42.9 Å². The highest BCUT2D eigenvalue weighted by molar-refractivity contribution is 6.32. The van der Waals surface area contributed by atoms with E-state index < -0.39 is 23.8 Å². The smallest absolute Gasteiger partial charge is 0.262 e. The van der Waals surface area contributed by atoms with Gasteiger partial charge in [-0.1, -0.05) is 37.6 Å². The number of carbonyl (C=O) groups is 3. The fourth-order valence-corrected chi connectivity index (χ4v) is 3.67. The molecule has 7 nitrogen and oxygen atoms in total. The average molecular weight is 431 g/mol. The Bertz CT molecular complexity index is 970. The van der Waals surface area contributed by atoms with Gasteiger partial charge in [0.1, 0.15) is 17.5 Å². The minimum absolute atomic E-state index is 0.0618. The summed E-state index contributed by atoms with van der Waals surface area (Å²) in [5, 5.41) is 3.09. The summed E-state index contributed by atoms with van der Waals surface area (Å²) in [7, 11) is 2.91. The number of ether oxygens (including phenoxy) is 2. The van der Waals surface area contributed by atoms with Gasteiger partial charge in [-0.05, 0) is 24.5 Å². The minimum atomic E-state index is -0.983. The summed E-state index contributed by atoms with van der Waals surface area (Å²) in [6.45, 7) is 3.84. The Morgan fingerprint density at radius 3 is 2.10 bits per heavy atom. The lowest BCUT2D eigenvalue weighted by molar-refractivity contribution is -0.120. The van der Waals surface area contributed by atoms with Crippen LogP contribution < -0.4 is 14.8 Å². The van der Waals surface area contributed by atoms with Crippen molar-refractivity contribution in [2.75, 3.05) is 19.5 Å². The first kappa shape index (κ1) is 21.6. The van der Waals surface area contributed by atoms with Crippen LogP contribution in [0.25, 0.3) is 0 Å². The molecule has 158 valence electrons. The molecule has 0 aliphatic carbocycles. The quantitative estimate of drug-likeness (QED) is 0.671. The summed E-state index contributed by atoms with van der Waals surface area (Å²) in [6.07, 6.45) is 0.310. The van der Waals surface area contributed by atoms with Crippen LogP contribution in [0.5, 0.6) is 11.5 Å². The third kappa shape index (κ3) is 3.98. The van der Waals surface area contributed by atoms with Crippen LogP contribution in [0.4, 0.5) is 5.69 Å². The van der Waals surface area contributed by atoms with E-state index in [2.05, 4.69) is 5.32 Å². The molecular formula is C22H23ClN2O5. The van der Waals surface area contributed by atoms with E-state index in [-0.39, 0.29) is 5.92 Å². The summed E-state index contributed by atoms with van der Waals surface area (Å²) in [6, 6.07) is 8.64. The number of nitrogens with zero attached hydrogens (tertiary/aromatic N) is 1. The van der Waals surface area contributed by atoms with E-state index in [1.165, 1.54) is 26.4 Å². The highest BCUT2D eigenvalue weighted by Crippen LogP contribution is 2.36. The molecule has 3 amide bonds. The van der Waals surface area contributed by atoms with Gasteiger partial charge in [-0.3, -0.25) is 19.3 Å². The van der Waals surface area contributed by atoms with Gasteiger partial charge in [-0.25, -0.2) is 0 Å². The first-order valence-corrected chi connectivity index (χ1v) is 9.85. The Kier molecular flexibility index (Phi) is 6.31. The van der Waals surface area contributed by atoms with Gasteiger partial charge in [0.05, 0.1) is 36.1 Å². The van der Waals surface area contributed by atoms with Crippen molar-refractivity contribution in [3.63, 3.8) is 0 Å². The number of anilines is 1. The van der Waals surface area contributed by atoms with Gasteiger partial charge in [0.2, 0.25) is 5.91 Å². The molecule has 2 aromatic carbocycles. The van der Waals surface area contributed by atoms with Gasteiger partial charge in [0.25, 0.3) is 11.8 Å². The Balaban J connectivity index is 1.95. The van der Waals surface area contributed by atoms with Gasteiger partial charge < -0.3 is 14.8 Å². The standard InChI is InChI=1S/C22H23ClN2O5/c1-12(2)9-17(25-21(27)13-7-5-6-8-14(13)22(25)28)20(26)24-16-11-18(29-3)15(23)10-19(16)30-4/h5-8,10-12,17H,9H2,1-4H3,(H,24,26)/t17-/m1/s1. The highest BCUT2D eigenvalue weighted by atomic mass is 35.5. The van der Waals surface area contributed by atoms with E-state index in [0.717, 1.165) is 4.90 Å². The van der Waals surface area contributed by atoms with Crippen LogP contribution in [0, 0.1) is 5.92 Å². The summed E-state index contributed by atoms with van der Waals surface area (Å²) in [5.74, 6) is -0.699. The zero-order valence-corrected chi connectivity index (χ0v) is 17.9. The number of nitrogens with one attached hydrogen (secondary N) is 1. The maximum absolute atomic E-state index is 13.2. The molecule has 1 heterocycles. The van der Waals surface area contributed by atoms with Crippen LogP contribution in [0.1, 0.15) is 41.0 Å². The second-order valence-corrected chi connectivity index (χ2v) is 7.75. The Hall–Kier alpha value is -3.06. The summed E-state index contributed by atoms with van der Waals surface area (Å²) in [4.78, 5) is 40.1. The number of hydrogen-bond donors (Lipinski definition) is 1. The van der Waals surface area contributed by atoms with Gasteiger partial charge in [0, 0.05) is 12.1 Å². The zero-order valence-electron chi connectivity index (χ0n) is 17.2. The number of halogens is 1. The molecule has 1 aliphatic heterocycles. The molecule has 0 spiro atoms. The Labute approximate surface area is 179 Å². The fraction of sp³-hybridized carbons (Fsp3) is 0.318. The highest BCUT2D eigenvalue weighted by Gasteiger charge is 2.42. The molecular weight excluding hydrogens is 408 g/mol. The van der Waals surface area contributed by atoms with Crippen molar-refractivity contribution in [1.82, 2.24) is 4.90 Å². The van der Waals surface area contributed by atoms with Crippen molar-refractivity contribution in [2.24, 2.45) is 5.92 Å². The summed E-state index contributed by atoms with van der Waals surface area (Å²) >= 11 is 6.13. The monoisotopic (exact) mass is 430 g/mol. The first-order chi connectivity index (χ1) is 14.3. The molecule has 0 aromatic heterocycles. The third-order valence-corrected chi connectivity index (χ3v) is 5.16. The summed E-state index contributed by atoms with van der Waals surface area (Å²) < 4.78 is 10.5.